The van der Waals surface area contributed by atoms with Crippen molar-refractivity contribution in [3.05, 3.63) is 46.3 Å². The third-order valence-electron chi connectivity index (χ3n) is 3.30. The largest absolute Gasteiger partial charge is 0.330 e. The van der Waals surface area contributed by atoms with Crippen molar-refractivity contribution in [2.75, 3.05) is 5.43 Å². The van der Waals surface area contributed by atoms with Crippen molar-refractivity contribution in [3.63, 3.8) is 0 Å². The minimum absolute atomic E-state index is 0.0317. The Morgan fingerprint density at radius 3 is 2.95 bits per heavy atom. The maximum absolute atomic E-state index is 12.6. The summed E-state index contributed by atoms with van der Waals surface area (Å²) in [4.78, 5) is 18.8. The number of amides is 1. The number of carbonyl (C=O) groups is 1. The van der Waals surface area contributed by atoms with Gasteiger partial charge >= 0.3 is 0 Å². The lowest BCUT2D eigenvalue weighted by atomic mass is 10.2. The third kappa shape index (κ3) is 2.81. The summed E-state index contributed by atoms with van der Waals surface area (Å²) in [5.41, 5.74) is 4.07. The Morgan fingerprint density at radius 2 is 2.30 bits per heavy atom. The molecule has 5 nitrogen and oxygen atoms in total. The first-order chi connectivity index (χ1) is 9.78. The minimum atomic E-state index is -0.0317. The molecule has 1 saturated carbocycles. The molecule has 0 saturated heterocycles. The summed E-state index contributed by atoms with van der Waals surface area (Å²) in [7, 11) is 0. The van der Waals surface area contributed by atoms with Crippen molar-refractivity contribution in [2.24, 2.45) is 5.84 Å². The number of carbonyl (C=O) groups excluding carboxylic acids is 1. The van der Waals surface area contributed by atoms with Gasteiger partial charge in [-0.3, -0.25) is 4.79 Å². The molecule has 1 aliphatic rings. The molecule has 2 aromatic heterocycles. The summed E-state index contributed by atoms with van der Waals surface area (Å²) in [6.45, 7) is 0.648. The van der Waals surface area contributed by atoms with Gasteiger partial charge in [0.05, 0.1) is 0 Å². The van der Waals surface area contributed by atoms with E-state index in [2.05, 4.69) is 21.9 Å². The Labute approximate surface area is 121 Å². The van der Waals surface area contributed by atoms with Crippen LogP contribution in [0.25, 0.3) is 0 Å². The van der Waals surface area contributed by atoms with E-state index in [-0.39, 0.29) is 5.91 Å². The molecule has 0 aliphatic heterocycles. The van der Waals surface area contributed by atoms with E-state index in [1.54, 1.807) is 29.5 Å². The van der Waals surface area contributed by atoms with Crippen LogP contribution < -0.4 is 11.3 Å². The number of nitrogens with two attached hydrogens (primary N) is 1. The first kappa shape index (κ1) is 13.1. The minimum Gasteiger partial charge on any atom is -0.330 e. The standard InChI is InChI=1S/C14H16N4OS/c15-17-13-3-1-2-12(16-13)14(19)18(11-4-5-11)8-10-6-7-20-9-10/h1-3,6-7,9,11H,4-5,8,15H2,(H,16,17). The number of nitrogen functional groups attached to an aromatic ring is 1. The molecule has 0 aromatic carbocycles. The Morgan fingerprint density at radius 1 is 1.45 bits per heavy atom. The zero-order valence-corrected chi connectivity index (χ0v) is 11.8. The maximum Gasteiger partial charge on any atom is 0.273 e. The number of nitrogens with zero attached hydrogens (tertiary/aromatic N) is 2. The van der Waals surface area contributed by atoms with Gasteiger partial charge in [-0.15, -0.1) is 0 Å². The average molecular weight is 288 g/mol. The van der Waals surface area contributed by atoms with E-state index in [9.17, 15) is 4.79 Å². The van der Waals surface area contributed by atoms with E-state index < -0.39 is 0 Å². The maximum atomic E-state index is 12.6. The van der Waals surface area contributed by atoms with Crippen molar-refractivity contribution >= 4 is 23.1 Å². The van der Waals surface area contributed by atoms with Crippen molar-refractivity contribution in [1.82, 2.24) is 9.88 Å². The number of rotatable bonds is 5. The van der Waals surface area contributed by atoms with E-state index in [0.29, 0.717) is 24.1 Å². The van der Waals surface area contributed by atoms with Crippen LogP contribution in [0, 0.1) is 0 Å². The molecule has 2 aromatic rings. The van der Waals surface area contributed by atoms with E-state index >= 15 is 0 Å². The summed E-state index contributed by atoms with van der Waals surface area (Å²) in [6, 6.07) is 7.64. The second-order valence-corrected chi connectivity index (χ2v) is 5.63. The van der Waals surface area contributed by atoms with E-state index in [1.807, 2.05) is 10.3 Å². The Bertz CT molecular complexity index is 595. The highest BCUT2D eigenvalue weighted by Gasteiger charge is 2.33. The van der Waals surface area contributed by atoms with E-state index in [1.165, 1.54) is 5.56 Å². The lowest BCUT2D eigenvalue weighted by Gasteiger charge is -2.21. The molecule has 0 atom stereocenters. The topological polar surface area (TPSA) is 71.2 Å². The van der Waals surface area contributed by atoms with Crippen LogP contribution in [-0.2, 0) is 6.54 Å². The van der Waals surface area contributed by atoms with Crippen molar-refractivity contribution in [1.29, 1.82) is 0 Å². The van der Waals surface area contributed by atoms with Crippen molar-refractivity contribution < 1.29 is 4.79 Å². The SMILES string of the molecule is NNc1cccc(C(=O)N(Cc2ccsc2)C2CC2)n1. The lowest BCUT2D eigenvalue weighted by molar-refractivity contribution is 0.0724. The summed E-state index contributed by atoms with van der Waals surface area (Å²) in [5.74, 6) is 5.81. The van der Waals surface area contributed by atoms with Gasteiger partial charge in [-0.2, -0.15) is 11.3 Å². The fourth-order valence-electron chi connectivity index (χ4n) is 2.11. The number of pyridine rings is 1. The van der Waals surface area contributed by atoms with Gasteiger partial charge in [-0.25, -0.2) is 10.8 Å². The fourth-order valence-corrected chi connectivity index (χ4v) is 2.77. The third-order valence-corrected chi connectivity index (χ3v) is 4.03. The second kappa shape index (κ2) is 5.60. The smallest absolute Gasteiger partial charge is 0.273 e. The number of hydrogen-bond acceptors (Lipinski definition) is 5. The molecule has 0 radical (unpaired) electrons. The molecule has 1 fully saturated rings. The van der Waals surface area contributed by atoms with Crippen molar-refractivity contribution in [2.45, 2.75) is 25.4 Å². The average Bonchev–Trinajstić information content (AvgIpc) is 3.20. The van der Waals surface area contributed by atoms with Crippen molar-refractivity contribution in [3.8, 4) is 0 Å². The molecule has 20 heavy (non-hydrogen) atoms. The number of hydrogen-bond donors (Lipinski definition) is 2. The van der Waals surface area contributed by atoms with Crippen LogP contribution in [0.15, 0.2) is 35.0 Å². The predicted molar refractivity (Wildman–Crippen MR) is 79.3 cm³/mol. The highest BCUT2D eigenvalue weighted by molar-refractivity contribution is 7.07. The van der Waals surface area contributed by atoms with E-state index in [0.717, 1.165) is 12.8 Å². The molecule has 0 spiro atoms. The van der Waals surface area contributed by atoms with Gasteiger partial charge in [-0.05, 0) is 47.4 Å². The number of hydrazine groups is 1. The summed E-state index contributed by atoms with van der Waals surface area (Å²) < 4.78 is 0. The number of nitrogens with one attached hydrogen (secondary N) is 1. The van der Waals surface area contributed by atoms with Crippen LogP contribution in [-0.4, -0.2) is 21.8 Å². The van der Waals surface area contributed by atoms with Gasteiger partial charge in [0.15, 0.2) is 0 Å². The zero-order valence-electron chi connectivity index (χ0n) is 11.0. The predicted octanol–water partition coefficient (Wildman–Crippen LogP) is 2.23. The van der Waals surface area contributed by atoms with Crippen LogP contribution in [0.1, 0.15) is 28.9 Å². The summed E-state index contributed by atoms with van der Waals surface area (Å²) >= 11 is 1.65. The molecular weight excluding hydrogens is 272 g/mol. The molecule has 104 valence electrons. The monoisotopic (exact) mass is 288 g/mol. The van der Waals surface area contributed by atoms with Gasteiger partial charge in [0.25, 0.3) is 5.91 Å². The number of aromatic nitrogens is 1. The highest BCUT2D eigenvalue weighted by Crippen LogP contribution is 2.30. The Hall–Kier alpha value is -1.92. The van der Waals surface area contributed by atoms with Gasteiger partial charge in [-0.1, -0.05) is 6.07 Å². The Kier molecular flexibility index (Phi) is 3.66. The summed E-state index contributed by atoms with van der Waals surface area (Å²) in [5, 5.41) is 4.11. The molecule has 3 rings (SSSR count). The second-order valence-electron chi connectivity index (χ2n) is 4.85. The summed E-state index contributed by atoms with van der Waals surface area (Å²) in [6.07, 6.45) is 2.15. The number of thiophene rings is 1. The first-order valence-corrected chi connectivity index (χ1v) is 7.48. The van der Waals surface area contributed by atoms with Gasteiger partial charge in [0, 0.05) is 12.6 Å². The molecule has 0 bridgehead atoms. The van der Waals surface area contributed by atoms with Gasteiger partial charge in [0.2, 0.25) is 0 Å². The Balaban J connectivity index is 1.81. The van der Waals surface area contributed by atoms with Gasteiger partial charge in [0.1, 0.15) is 11.5 Å². The van der Waals surface area contributed by atoms with Crippen LogP contribution in [0.4, 0.5) is 5.82 Å². The quantitative estimate of drug-likeness (QED) is 0.654. The first-order valence-electron chi connectivity index (χ1n) is 6.53. The van der Waals surface area contributed by atoms with Gasteiger partial charge < -0.3 is 10.3 Å². The molecule has 1 amide bonds. The molecule has 2 heterocycles. The van der Waals surface area contributed by atoms with Crippen LogP contribution in [0.5, 0.6) is 0 Å². The molecule has 3 N–H and O–H groups in total. The van der Waals surface area contributed by atoms with Crippen LogP contribution in [0.2, 0.25) is 0 Å². The fraction of sp³-hybridized carbons (Fsp3) is 0.286. The van der Waals surface area contributed by atoms with E-state index in [4.69, 9.17) is 5.84 Å². The number of anilines is 1. The highest BCUT2D eigenvalue weighted by atomic mass is 32.1. The molecule has 0 unspecified atom stereocenters. The zero-order chi connectivity index (χ0) is 13.9. The normalized spacial score (nSPS) is 14.1. The molecule has 6 heteroatoms. The van der Waals surface area contributed by atoms with Crippen LogP contribution in [0.3, 0.4) is 0 Å². The molecule has 1 aliphatic carbocycles. The molecular formula is C14H16N4OS. The van der Waals surface area contributed by atoms with Crippen LogP contribution >= 0.6 is 11.3 Å². The lowest BCUT2D eigenvalue weighted by Crippen LogP contribution is -2.33.